The highest BCUT2D eigenvalue weighted by Gasteiger charge is 2.46. The van der Waals surface area contributed by atoms with Crippen molar-refractivity contribution < 1.29 is 19.4 Å². The lowest BCUT2D eigenvalue weighted by molar-refractivity contribution is -0.155. The normalized spacial score (nSPS) is 15.0. The Hall–Kier alpha value is -3.77. The summed E-state index contributed by atoms with van der Waals surface area (Å²) in [4.78, 5) is 12.6. The molecule has 0 aliphatic heterocycles. The van der Waals surface area contributed by atoms with Gasteiger partial charge in [-0.15, -0.1) is 0 Å². The number of aliphatic hydroxyl groups is 1. The molecule has 0 saturated carbocycles. The number of nitrogens with one attached hydrogen (secondary N) is 1. The summed E-state index contributed by atoms with van der Waals surface area (Å²) in [5, 5.41) is 15.5. The van der Waals surface area contributed by atoms with Crippen LogP contribution in [0.4, 0.5) is 0 Å². The van der Waals surface area contributed by atoms with Crippen LogP contribution >= 0.6 is 0 Å². The molecule has 5 heteroatoms. The molecule has 1 aliphatic carbocycles. The van der Waals surface area contributed by atoms with E-state index in [9.17, 15) is 9.90 Å². The first-order valence-corrected chi connectivity index (χ1v) is 14.3. The van der Waals surface area contributed by atoms with Crippen molar-refractivity contribution in [2.45, 2.75) is 63.5 Å². The van der Waals surface area contributed by atoms with Crippen LogP contribution in [-0.2, 0) is 26.4 Å². The summed E-state index contributed by atoms with van der Waals surface area (Å²) >= 11 is 0. The Bertz CT molecular complexity index is 1400. The summed E-state index contributed by atoms with van der Waals surface area (Å²) < 4.78 is 11.7. The maximum absolute atomic E-state index is 12.6. The summed E-state index contributed by atoms with van der Waals surface area (Å²) in [5.74, 6) is -0.324. The number of esters is 1. The van der Waals surface area contributed by atoms with E-state index in [2.05, 4.69) is 66.0 Å². The highest BCUT2D eigenvalue weighted by atomic mass is 16.6. The fourth-order valence-electron chi connectivity index (χ4n) is 5.74. The third-order valence-corrected chi connectivity index (χ3v) is 7.50. The van der Waals surface area contributed by atoms with E-state index >= 15 is 0 Å². The van der Waals surface area contributed by atoms with Crippen LogP contribution in [0.15, 0.2) is 109 Å². The second kappa shape index (κ2) is 12.4. The van der Waals surface area contributed by atoms with Gasteiger partial charge in [-0.05, 0) is 60.6 Å². The van der Waals surface area contributed by atoms with Crippen LogP contribution in [0, 0.1) is 0 Å². The molecular weight excluding hydrogens is 510 g/mol. The Kier molecular flexibility index (Phi) is 8.69. The second-order valence-corrected chi connectivity index (χ2v) is 11.7. The maximum Gasteiger partial charge on any atom is 0.306 e. The van der Waals surface area contributed by atoms with Crippen LogP contribution in [0.2, 0.25) is 0 Å². The Balaban J connectivity index is 1.50. The Morgan fingerprint density at radius 1 is 0.805 bits per heavy atom. The fourth-order valence-corrected chi connectivity index (χ4v) is 5.74. The van der Waals surface area contributed by atoms with E-state index in [0.717, 1.165) is 33.4 Å². The molecule has 212 valence electrons. The standard InChI is InChI=1S/C36H39NO4/c1-35(2,3)41-34(39)23-22-33(38)32(25-40-24-26-14-6-4-7-15-26)37-36(27-16-8-5-9-17-27)30-20-12-10-18-28(30)29-19-11-13-21-31(29)36/h4-21,32-33,37-38H,22-25H2,1-3H3/t32-,33?/m1/s1. The summed E-state index contributed by atoms with van der Waals surface area (Å²) in [6, 6.07) is 36.7. The predicted molar refractivity (Wildman–Crippen MR) is 162 cm³/mol. The maximum atomic E-state index is 12.6. The number of benzene rings is 4. The van der Waals surface area contributed by atoms with Crippen LogP contribution in [0.3, 0.4) is 0 Å². The van der Waals surface area contributed by atoms with Gasteiger partial charge in [0.2, 0.25) is 0 Å². The van der Waals surface area contributed by atoms with E-state index in [0.29, 0.717) is 6.61 Å². The molecule has 2 N–H and O–H groups in total. The molecule has 5 rings (SSSR count). The molecule has 4 aromatic rings. The number of hydrogen-bond acceptors (Lipinski definition) is 5. The molecular formula is C36H39NO4. The molecule has 1 unspecified atom stereocenters. The van der Waals surface area contributed by atoms with Crippen molar-refractivity contribution >= 4 is 5.97 Å². The molecule has 0 fully saturated rings. The van der Waals surface area contributed by atoms with Crippen molar-refractivity contribution in [3.63, 3.8) is 0 Å². The van der Waals surface area contributed by atoms with Crippen LogP contribution < -0.4 is 5.32 Å². The first-order chi connectivity index (χ1) is 19.8. The topological polar surface area (TPSA) is 67.8 Å². The molecule has 0 aromatic heterocycles. The van der Waals surface area contributed by atoms with Crippen molar-refractivity contribution in [1.82, 2.24) is 5.32 Å². The van der Waals surface area contributed by atoms with E-state index in [1.165, 1.54) is 0 Å². The van der Waals surface area contributed by atoms with Crippen molar-refractivity contribution in [2.75, 3.05) is 6.61 Å². The number of aliphatic hydroxyl groups excluding tert-OH is 1. The molecule has 4 aromatic carbocycles. The zero-order chi connectivity index (χ0) is 28.9. The fraction of sp³-hybridized carbons (Fsp3) is 0.306. The van der Waals surface area contributed by atoms with E-state index < -0.39 is 23.3 Å². The van der Waals surface area contributed by atoms with E-state index in [4.69, 9.17) is 9.47 Å². The van der Waals surface area contributed by atoms with Crippen molar-refractivity contribution in [1.29, 1.82) is 0 Å². The van der Waals surface area contributed by atoms with Crippen LogP contribution in [-0.4, -0.2) is 35.4 Å². The molecule has 0 heterocycles. The minimum atomic E-state index is -0.862. The van der Waals surface area contributed by atoms with Gasteiger partial charge >= 0.3 is 5.97 Å². The monoisotopic (exact) mass is 549 g/mol. The van der Waals surface area contributed by atoms with Crippen molar-refractivity contribution in [2.24, 2.45) is 0 Å². The third-order valence-electron chi connectivity index (χ3n) is 7.50. The average molecular weight is 550 g/mol. The van der Waals surface area contributed by atoms with Gasteiger partial charge in [0.1, 0.15) is 5.60 Å². The molecule has 5 nitrogen and oxygen atoms in total. The average Bonchev–Trinajstić information content (AvgIpc) is 3.26. The van der Waals surface area contributed by atoms with Crippen LogP contribution in [0.25, 0.3) is 11.1 Å². The van der Waals surface area contributed by atoms with Gasteiger partial charge in [-0.3, -0.25) is 10.1 Å². The van der Waals surface area contributed by atoms with Gasteiger partial charge in [0, 0.05) is 6.42 Å². The first kappa shape index (κ1) is 28.7. The summed E-state index contributed by atoms with van der Waals surface area (Å²) in [6.45, 7) is 6.22. The van der Waals surface area contributed by atoms with Gasteiger partial charge in [-0.1, -0.05) is 109 Å². The van der Waals surface area contributed by atoms with Gasteiger partial charge in [-0.25, -0.2) is 0 Å². The van der Waals surface area contributed by atoms with E-state index in [1.807, 2.05) is 69.3 Å². The number of hydrogen-bond donors (Lipinski definition) is 2. The summed E-state index contributed by atoms with van der Waals surface area (Å²) in [6.07, 6.45) is -0.505. The predicted octanol–water partition coefficient (Wildman–Crippen LogP) is 6.62. The number of fused-ring (bicyclic) bond motifs is 3. The minimum Gasteiger partial charge on any atom is -0.460 e. The van der Waals surface area contributed by atoms with Crippen LogP contribution in [0.5, 0.6) is 0 Å². The van der Waals surface area contributed by atoms with Crippen molar-refractivity contribution in [3.8, 4) is 11.1 Å². The number of ether oxygens (including phenoxy) is 2. The van der Waals surface area contributed by atoms with Gasteiger partial charge in [0.25, 0.3) is 0 Å². The Morgan fingerprint density at radius 2 is 1.34 bits per heavy atom. The third kappa shape index (κ3) is 6.43. The second-order valence-electron chi connectivity index (χ2n) is 11.7. The highest BCUT2D eigenvalue weighted by molar-refractivity contribution is 5.83. The first-order valence-electron chi connectivity index (χ1n) is 14.3. The number of carbonyl (C=O) groups excluding carboxylic acids is 1. The molecule has 0 radical (unpaired) electrons. The smallest absolute Gasteiger partial charge is 0.306 e. The largest absolute Gasteiger partial charge is 0.460 e. The van der Waals surface area contributed by atoms with Gasteiger partial charge in [0.05, 0.1) is 30.9 Å². The highest BCUT2D eigenvalue weighted by Crippen LogP contribution is 2.51. The molecule has 0 bridgehead atoms. The number of carbonyl (C=O) groups is 1. The lowest BCUT2D eigenvalue weighted by atomic mass is 9.79. The lowest BCUT2D eigenvalue weighted by Crippen LogP contribution is -2.54. The van der Waals surface area contributed by atoms with Gasteiger partial charge in [0.15, 0.2) is 0 Å². The molecule has 0 saturated heterocycles. The van der Waals surface area contributed by atoms with E-state index in [1.54, 1.807) is 0 Å². The molecule has 0 amide bonds. The summed E-state index contributed by atoms with van der Waals surface area (Å²) in [5.41, 5.74) is 5.40. The van der Waals surface area contributed by atoms with Gasteiger partial charge < -0.3 is 14.6 Å². The zero-order valence-corrected chi connectivity index (χ0v) is 24.0. The van der Waals surface area contributed by atoms with Gasteiger partial charge in [-0.2, -0.15) is 0 Å². The molecule has 0 spiro atoms. The molecule has 1 aliphatic rings. The molecule has 2 atom stereocenters. The minimum absolute atomic E-state index is 0.112. The SMILES string of the molecule is CC(C)(C)OC(=O)CCC(O)[C@@H](COCc1ccccc1)NC1(c2ccccc2)c2ccccc2-c2ccccc21. The van der Waals surface area contributed by atoms with Crippen LogP contribution in [0.1, 0.15) is 55.9 Å². The molecule has 41 heavy (non-hydrogen) atoms. The Morgan fingerprint density at radius 3 is 1.93 bits per heavy atom. The lowest BCUT2D eigenvalue weighted by Gasteiger charge is -2.39. The Labute approximate surface area is 243 Å². The zero-order valence-electron chi connectivity index (χ0n) is 24.0. The van der Waals surface area contributed by atoms with E-state index in [-0.39, 0.29) is 25.4 Å². The van der Waals surface area contributed by atoms with Crippen molar-refractivity contribution in [3.05, 3.63) is 131 Å². The summed E-state index contributed by atoms with van der Waals surface area (Å²) in [7, 11) is 0. The quantitative estimate of drug-likeness (QED) is 0.206. The number of rotatable bonds is 11.